The van der Waals surface area contributed by atoms with Crippen LogP contribution in [0.3, 0.4) is 0 Å². The lowest BCUT2D eigenvalue weighted by Crippen LogP contribution is -2.25. The largest absolute Gasteiger partial charge is 0.373 e. The van der Waals surface area contributed by atoms with E-state index in [1.807, 2.05) is 7.05 Å². The van der Waals surface area contributed by atoms with Crippen molar-refractivity contribution < 1.29 is 4.39 Å². The van der Waals surface area contributed by atoms with E-state index in [0.717, 1.165) is 35.1 Å². The lowest BCUT2D eigenvalue weighted by atomic mass is 10.0. The molecule has 0 radical (unpaired) electrons. The van der Waals surface area contributed by atoms with E-state index < -0.39 is 0 Å². The highest BCUT2D eigenvalue weighted by atomic mass is 79.9. The van der Waals surface area contributed by atoms with Crippen molar-refractivity contribution in [3.63, 3.8) is 0 Å². The molecule has 1 aliphatic rings. The smallest absolute Gasteiger partial charge is 0.124 e. The van der Waals surface area contributed by atoms with Crippen molar-refractivity contribution in [2.24, 2.45) is 0 Å². The summed E-state index contributed by atoms with van der Waals surface area (Å²) in [5.74, 6) is -0.152. The first kappa shape index (κ1) is 9.00. The molecule has 0 amide bonds. The number of hydrogen-bond acceptors (Lipinski definition) is 1. The van der Waals surface area contributed by atoms with Crippen LogP contribution in [0, 0.1) is 5.82 Å². The molecular formula is C10H11BrFN. The third-order valence-electron chi connectivity index (χ3n) is 2.43. The van der Waals surface area contributed by atoms with Gasteiger partial charge in [-0.3, -0.25) is 0 Å². The number of nitrogens with zero attached hydrogens (tertiary/aromatic N) is 1. The molecule has 1 nitrogen and oxygen atoms in total. The van der Waals surface area contributed by atoms with Gasteiger partial charge in [0.1, 0.15) is 5.82 Å². The maximum absolute atomic E-state index is 13.0. The van der Waals surface area contributed by atoms with E-state index in [2.05, 4.69) is 20.8 Å². The highest BCUT2D eigenvalue weighted by molar-refractivity contribution is 9.10. The van der Waals surface area contributed by atoms with Gasteiger partial charge in [-0.05, 0) is 46.5 Å². The predicted molar refractivity (Wildman–Crippen MR) is 55.7 cm³/mol. The maximum Gasteiger partial charge on any atom is 0.124 e. The Bertz CT molecular complexity index is 338. The standard InChI is InChI=1S/C10H11BrFN/c1-13-4-2-3-7-5-8(12)6-9(11)10(7)13/h5-6H,2-4H2,1H3. The average Bonchev–Trinajstić information content (AvgIpc) is 2.02. The minimum Gasteiger partial charge on any atom is -0.373 e. The molecule has 3 heteroatoms. The van der Waals surface area contributed by atoms with Gasteiger partial charge >= 0.3 is 0 Å². The summed E-state index contributed by atoms with van der Waals surface area (Å²) in [6.45, 7) is 1.05. The molecule has 0 fully saturated rings. The number of aryl methyl sites for hydroxylation is 1. The molecule has 0 saturated heterocycles. The van der Waals surface area contributed by atoms with Crippen molar-refractivity contribution in [3.05, 3.63) is 28.0 Å². The van der Waals surface area contributed by atoms with Gasteiger partial charge in [-0.2, -0.15) is 0 Å². The second-order valence-corrected chi connectivity index (χ2v) is 4.27. The van der Waals surface area contributed by atoms with E-state index >= 15 is 0 Å². The van der Waals surface area contributed by atoms with Gasteiger partial charge in [0.15, 0.2) is 0 Å². The topological polar surface area (TPSA) is 3.24 Å². The minimum atomic E-state index is -0.152. The molecule has 13 heavy (non-hydrogen) atoms. The molecule has 0 atom stereocenters. The Morgan fingerprint density at radius 1 is 1.46 bits per heavy atom. The third-order valence-corrected chi connectivity index (χ3v) is 3.03. The normalized spacial score (nSPS) is 15.8. The molecule has 1 aliphatic heterocycles. The molecule has 0 unspecified atom stereocenters. The van der Waals surface area contributed by atoms with Crippen molar-refractivity contribution in [3.8, 4) is 0 Å². The van der Waals surface area contributed by atoms with Gasteiger partial charge in [0.2, 0.25) is 0 Å². The fourth-order valence-corrected chi connectivity index (χ4v) is 2.63. The molecule has 0 N–H and O–H groups in total. The highest BCUT2D eigenvalue weighted by Gasteiger charge is 2.17. The van der Waals surface area contributed by atoms with Gasteiger partial charge in [-0.25, -0.2) is 4.39 Å². The summed E-state index contributed by atoms with van der Waals surface area (Å²) in [4.78, 5) is 2.17. The molecule has 70 valence electrons. The Kier molecular flexibility index (Phi) is 2.28. The van der Waals surface area contributed by atoms with E-state index in [0.29, 0.717) is 0 Å². The van der Waals surface area contributed by atoms with E-state index in [9.17, 15) is 4.39 Å². The molecule has 0 aliphatic carbocycles. The van der Waals surface area contributed by atoms with Gasteiger partial charge in [0.05, 0.1) is 5.69 Å². The monoisotopic (exact) mass is 243 g/mol. The zero-order valence-electron chi connectivity index (χ0n) is 7.48. The van der Waals surface area contributed by atoms with E-state index in [4.69, 9.17) is 0 Å². The van der Waals surface area contributed by atoms with Crippen molar-refractivity contribution >= 4 is 21.6 Å². The van der Waals surface area contributed by atoms with Crippen LogP contribution in [0.2, 0.25) is 0 Å². The van der Waals surface area contributed by atoms with Gasteiger partial charge < -0.3 is 4.90 Å². The molecule has 1 aromatic rings. The van der Waals surface area contributed by atoms with Crippen molar-refractivity contribution in [2.45, 2.75) is 12.8 Å². The molecule has 1 heterocycles. The van der Waals surface area contributed by atoms with Crippen LogP contribution >= 0.6 is 15.9 Å². The van der Waals surface area contributed by atoms with Gasteiger partial charge in [0.25, 0.3) is 0 Å². The fraction of sp³-hybridized carbons (Fsp3) is 0.400. The zero-order valence-corrected chi connectivity index (χ0v) is 9.07. The lowest BCUT2D eigenvalue weighted by molar-refractivity contribution is 0.620. The van der Waals surface area contributed by atoms with Crippen LogP contribution < -0.4 is 4.90 Å². The molecule has 0 spiro atoms. The molecule has 0 aromatic heterocycles. The SMILES string of the molecule is CN1CCCc2cc(F)cc(Br)c21. The summed E-state index contributed by atoms with van der Waals surface area (Å²) in [7, 11) is 2.04. The summed E-state index contributed by atoms with van der Waals surface area (Å²) in [6.07, 6.45) is 2.09. The highest BCUT2D eigenvalue weighted by Crippen LogP contribution is 2.34. The van der Waals surface area contributed by atoms with Crippen LogP contribution in [-0.2, 0) is 6.42 Å². The summed E-state index contributed by atoms with van der Waals surface area (Å²) >= 11 is 3.39. The molecule has 0 bridgehead atoms. The second-order valence-electron chi connectivity index (χ2n) is 3.42. The maximum atomic E-state index is 13.0. The van der Waals surface area contributed by atoms with Crippen LogP contribution in [-0.4, -0.2) is 13.6 Å². The van der Waals surface area contributed by atoms with Crippen molar-refractivity contribution in [2.75, 3.05) is 18.5 Å². The quantitative estimate of drug-likeness (QED) is 0.678. The van der Waals surface area contributed by atoms with Crippen LogP contribution in [0.15, 0.2) is 16.6 Å². The Morgan fingerprint density at radius 3 is 3.00 bits per heavy atom. The number of fused-ring (bicyclic) bond motifs is 1. The van der Waals surface area contributed by atoms with E-state index in [1.54, 1.807) is 6.07 Å². The van der Waals surface area contributed by atoms with E-state index in [1.165, 1.54) is 6.07 Å². The minimum absolute atomic E-state index is 0.152. The second kappa shape index (κ2) is 3.29. The van der Waals surface area contributed by atoms with Crippen LogP contribution in [0.4, 0.5) is 10.1 Å². The van der Waals surface area contributed by atoms with Gasteiger partial charge in [0, 0.05) is 18.1 Å². The molecular weight excluding hydrogens is 233 g/mol. The van der Waals surface area contributed by atoms with Crippen LogP contribution in [0.25, 0.3) is 0 Å². The Labute approximate surface area is 85.7 Å². The number of benzene rings is 1. The average molecular weight is 244 g/mol. The predicted octanol–water partition coefficient (Wildman–Crippen LogP) is 2.97. The number of rotatable bonds is 0. The Balaban J connectivity index is 2.56. The Morgan fingerprint density at radius 2 is 2.23 bits per heavy atom. The zero-order chi connectivity index (χ0) is 9.42. The third kappa shape index (κ3) is 1.57. The lowest BCUT2D eigenvalue weighted by Gasteiger charge is -2.28. The van der Waals surface area contributed by atoms with Crippen molar-refractivity contribution in [1.82, 2.24) is 0 Å². The van der Waals surface area contributed by atoms with Gasteiger partial charge in [-0.15, -0.1) is 0 Å². The fourth-order valence-electron chi connectivity index (χ4n) is 1.86. The van der Waals surface area contributed by atoms with Crippen molar-refractivity contribution in [1.29, 1.82) is 0 Å². The molecule has 1 aromatic carbocycles. The van der Waals surface area contributed by atoms with Crippen LogP contribution in [0.1, 0.15) is 12.0 Å². The molecule has 2 rings (SSSR count). The summed E-state index contributed by atoms with van der Waals surface area (Å²) in [5, 5.41) is 0. The Hall–Kier alpha value is -0.570. The molecule has 0 saturated carbocycles. The first-order chi connectivity index (χ1) is 6.18. The van der Waals surface area contributed by atoms with Gasteiger partial charge in [-0.1, -0.05) is 0 Å². The number of anilines is 1. The number of halogens is 2. The van der Waals surface area contributed by atoms with Crippen LogP contribution in [0.5, 0.6) is 0 Å². The first-order valence-corrected chi connectivity index (χ1v) is 5.17. The van der Waals surface area contributed by atoms with E-state index in [-0.39, 0.29) is 5.82 Å². The number of hydrogen-bond donors (Lipinski definition) is 0. The summed E-state index contributed by atoms with van der Waals surface area (Å²) in [5.41, 5.74) is 2.26. The first-order valence-electron chi connectivity index (χ1n) is 4.37. The summed E-state index contributed by atoms with van der Waals surface area (Å²) < 4.78 is 13.9. The summed E-state index contributed by atoms with van der Waals surface area (Å²) in [6, 6.07) is 3.16.